The van der Waals surface area contributed by atoms with Crippen LogP contribution in [0, 0.1) is 12.8 Å². The van der Waals surface area contributed by atoms with Crippen LogP contribution >= 0.6 is 11.6 Å². The van der Waals surface area contributed by atoms with E-state index in [1.54, 1.807) is 0 Å². The molecule has 2 saturated heterocycles. The third kappa shape index (κ3) is 2.14. The summed E-state index contributed by atoms with van der Waals surface area (Å²) in [6.45, 7) is 5.49. The number of hydrogen-bond donors (Lipinski definition) is 1. The van der Waals surface area contributed by atoms with E-state index in [4.69, 9.17) is 11.6 Å². The maximum Gasteiger partial charge on any atom is 0.132 e. The molecule has 0 radical (unpaired) electrons. The predicted molar refractivity (Wildman–Crippen MR) is 70.7 cm³/mol. The van der Waals surface area contributed by atoms with Crippen LogP contribution < -0.4 is 10.2 Å². The van der Waals surface area contributed by atoms with Gasteiger partial charge in [-0.3, -0.25) is 0 Å². The van der Waals surface area contributed by atoms with E-state index in [9.17, 15) is 0 Å². The number of aryl methyl sites for hydroxylation is 1. The van der Waals surface area contributed by atoms with Crippen LogP contribution in [0.3, 0.4) is 0 Å². The summed E-state index contributed by atoms with van der Waals surface area (Å²) >= 11 is 5.97. The smallest absolute Gasteiger partial charge is 0.132 e. The van der Waals surface area contributed by atoms with Gasteiger partial charge in [-0.25, -0.2) is 4.98 Å². The molecule has 0 aromatic carbocycles. The highest BCUT2D eigenvalue weighted by molar-refractivity contribution is 6.30. The number of nitrogens with one attached hydrogen (secondary N) is 1. The average Bonchev–Trinajstić information content (AvgIpc) is 2.42. The van der Waals surface area contributed by atoms with Crippen molar-refractivity contribution in [2.45, 2.75) is 25.8 Å². The van der Waals surface area contributed by atoms with Crippen LogP contribution in [-0.2, 0) is 0 Å². The van der Waals surface area contributed by atoms with Crippen LogP contribution in [0.25, 0.3) is 0 Å². The Kier molecular flexibility index (Phi) is 2.97. The van der Waals surface area contributed by atoms with Crippen LogP contribution in [0.15, 0.2) is 12.3 Å². The molecule has 2 aliphatic rings. The Morgan fingerprint density at radius 2 is 2.24 bits per heavy atom. The third-order valence-electron chi connectivity index (χ3n) is 4.06. The first-order valence-corrected chi connectivity index (χ1v) is 6.72. The molecule has 0 spiro atoms. The molecule has 1 aromatic rings. The number of nitrogens with zero attached hydrogens (tertiary/aromatic N) is 2. The zero-order valence-electron chi connectivity index (χ0n) is 10.1. The molecular weight excluding hydrogens is 234 g/mol. The second-order valence-electron chi connectivity index (χ2n) is 5.14. The van der Waals surface area contributed by atoms with Crippen LogP contribution in [-0.4, -0.2) is 30.7 Å². The molecule has 1 aromatic heterocycles. The van der Waals surface area contributed by atoms with Crippen molar-refractivity contribution in [3.63, 3.8) is 0 Å². The van der Waals surface area contributed by atoms with Gasteiger partial charge >= 0.3 is 0 Å². The van der Waals surface area contributed by atoms with Gasteiger partial charge in [-0.2, -0.15) is 0 Å². The summed E-state index contributed by atoms with van der Waals surface area (Å²) in [6.07, 6.45) is 4.43. The van der Waals surface area contributed by atoms with E-state index in [0.29, 0.717) is 5.15 Å². The minimum absolute atomic E-state index is 0.616. The summed E-state index contributed by atoms with van der Waals surface area (Å²) < 4.78 is 0. The molecule has 0 bridgehead atoms. The molecule has 3 nitrogen and oxygen atoms in total. The highest BCUT2D eigenvalue weighted by atomic mass is 35.5. The molecule has 0 amide bonds. The number of rotatable bonds is 1. The van der Waals surface area contributed by atoms with Crippen molar-refractivity contribution < 1.29 is 0 Å². The zero-order valence-corrected chi connectivity index (χ0v) is 10.9. The van der Waals surface area contributed by atoms with Crippen LogP contribution in [0.2, 0.25) is 5.15 Å². The SMILES string of the molecule is Cc1cc(N2CCC3CNC3CC2)cnc1Cl. The third-order valence-corrected chi connectivity index (χ3v) is 4.45. The molecule has 1 N–H and O–H groups in total. The molecule has 0 aliphatic carbocycles. The lowest BCUT2D eigenvalue weighted by atomic mass is 9.88. The fourth-order valence-corrected chi connectivity index (χ4v) is 2.90. The van der Waals surface area contributed by atoms with E-state index in [1.807, 2.05) is 13.1 Å². The summed E-state index contributed by atoms with van der Waals surface area (Å²) in [7, 11) is 0. The molecule has 2 atom stereocenters. The maximum absolute atomic E-state index is 5.97. The fourth-order valence-electron chi connectivity index (χ4n) is 2.79. The van der Waals surface area contributed by atoms with Gasteiger partial charge in [0, 0.05) is 19.1 Å². The van der Waals surface area contributed by atoms with Crippen LogP contribution in [0.1, 0.15) is 18.4 Å². The van der Waals surface area contributed by atoms with Gasteiger partial charge in [-0.05, 0) is 43.9 Å². The number of halogens is 1. The predicted octanol–water partition coefficient (Wildman–Crippen LogP) is 2.23. The number of pyridine rings is 1. The van der Waals surface area contributed by atoms with Crippen molar-refractivity contribution in [3.8, 4) is 0 Å². The summed E-state index contributed by atoms with van der Waals surface area (Å²) in [6, 6.07) is 2.90. The summed E-state index contributed by atoms with van der Waals surface area (Å²) in [5.41, 5.74) is 2.28. The second kappa shape index (κ2) is 4.46. The monoisotopic (exact) mass is 251 g/mol. The van der Waals surface area contributed by atoms with E-state index < -0.39 is 0 Å². The Bertz CT molecular complexity index is 407. The molecule has 2 unspecified atom stereocenters. The van der Waals surface area contributed by atoms with Gasteiger partial charge in [0.2, 0.25) is 0 Å². The second-order valence-corrected chi connectivity index (χ2v) is 5.50. The number of aromatic nitrogens is 1. The molecular formula is C13H18ClN3. The van der Waals surface area contributed by atoms with Crippen molar-refractivity contribution in [2.24, 2.45) is 5.92 Å². The van der Waals surface area contributed by atoms with Crippen LogP contribution in [0.4, 0.5) is 5.69 Å². The van der Waals surface area contributed by atoms with Gasteiger partial charge in [0.25, 0.3) is 0 Å². The lowest BCUT2D eigenvalue weighted by molar-refractivity contribution is 0.226. The zero-order chi connectivity index (χ0) is 11.8. The van der Waals surface area contributed by atoms with Crippen LogP contribution in [0.5, 0.6) is 0 Å². The van der Waals surface area contributed by atoms with Crippen molar-refractivity contribution in [1.82, 2.24) is 10.3 Å². The topological polar surface area (TPSA) is 28.2 Å². The summed E-state index contributed by atoms with van der Waals surface area (Å²) in [5, 5.41) is 4.13. The molecule has 2 fully saturated rings. The first kappa shape index (κ1) is 11.3. The van der Waals surface area contributed by atoms with Gasteiger partial charge in [-0.1, -0.05) is 11.6 Å². The molecule has 3 rings (SSSR count). The summed E-state index contributed by atoms with van der Waals surface area (Å²) in [4.78, 5) is 6.69. The van der Waals surface area contributed by atoms with Crippen molar-refractivity contribution in [1.29, 1.82) is 0 Å². The first-order valence-electron chi connectivity index (χ1n) is 6.34. The van der Waals surface area contributed by atoms with Gasteiger partial charge in [-0.15, -0.1) is 0 Å². The average molecular weight is 252 g/mol. The van der Waals surface area contributed by atoms with Crippen molar-refractivity contribution in [3.05, 3.63) is 23.0 Å². The Labute approximate surface area is 107 Å². The number of fused-ring (bicyclic) bond motifs is 1. The van der Waals surface area contributed by atoms with E-state index in [2.05, 4.69) is 21.3 Å². The van der Waals surface area contributed by atoms with E-state index in [1.165, 1.54) is 25.1 Å². The van der Waals surface area contributed by atoms with E-state index >= 15 is 0 Å². The minimum Gasteiger partial charge on any atom is -0.370 e. The molecule has 2 aliphatic heterocycles. The number of hydrogen-bond acceptors (Lipinski definition) is 3. The molecule has 92 valence electrons. The molecule has 17 heavy (non-hydrogen) atoms. The first-order chi connectivity index (χ1) is 8.24. The van der Waals surface area contributed by atoms with Gasteiger partial charge in [0.1, 0.15) is 5.15 Å². The van der Waals surface area contributed by atoms with Gasteiger partial charge < -0.3 is 10.2 Å². The highest BCUT2D eigenvalue weighted by Gasteiger charge is 2.32. The van der Waals surface area contributed by atoms with Gasteiger partial charge in [0.05, 0.1) is 11.9 Å². The quantitative estimate of drug-likeness (QED) is 0.776. The Balaban J connectivity index is 1.76. The molecule has 3 heterocycles. The number of anilines is 1. The Hall–Kier alpha value is -0.800. The normalized spacial score (nSPS) is 28.2. The Morgan fingerprint density at radius 3 is 2.94 bits per heavy atom. The maximum atomic E-state index is 5.97. The van der Waals surface area contributed by atoms with Crippen molar-refractivity contribution >= 4 is 17.3 Å². The van der Waals surface area contributed by atoms with Crippen molar-refractivity contribution in [2.75, 3.05) is 24.5 Å². The fraction of sp³-hybridized carbons (Fsp3) is 0.615. The Morgan fingerprint density at radius 1 is 1.41 bits per heavy atom. The lowest BCUT2D eigenvalue weighted by Crippen LogP contribution is -2.52. The minimum atomic E-state index is 0.616. The highest BCUT2D eigenvalue weighted by Crippen LogP contribution is 2.28. The largest absolute Gasteiger partial charge is 0.370 e. The van der Waals surface area contributed by atoms with E-state index in [-0.39, 0.29) is 0 Å². The molecule has 4 heteroatoms. The lowest BCUT2D eigenvalue weighted by Gasteiger charge is -2.36. The van der Waals surface area contributed by atoms with E-state index in [0.717, 1.165) is 30.6 Å². The molecule has 0 saturated carbocycles. The van der Waals surface area contributed by atoms with Gasteiger partial charge in [0.15, 0.2) is 0 Å². The summed E-state index contributed by atoms with van der Waals surface area (Å²) in [5.74, 6) is 0.890. The standard InChI is InChI=1S/C13H18ClN3/c1-9-6-11(8-16-13(9)14)17-4-2-10-7-15-12(10)3-5-17/h6,8,10,12,15H,2-5,7H2,1H3.